The number of aromatic hydroxyl groups is 1. The number of phenolic OH excluding ortho intramolecular Hbond substituents is 1. The van der Waals surface area contributed by atoms with Crippen LogP contribution in [-0.4, -0.2) is 71.3 Å². The van der Waals surface area contributed by atoms with Crippen LogP contribution in [0.5, 0.6) is 5.75 Å². The van der Waals surface area contributed by atoms with Crippen LogP contribution >= 0.6 is 0 Å². The first-order valence-corrected chi connectivity index (χ1v) is 13.0. The van der Waals surface area contributed by atoms with Crippen LogP contribution in [0, 0.1) is 23.7 Å². The number of fused-ring (bicyclic) bond motifs is 3. The van der Waals surface area contributed by atoms with E-state index in [-0.39, 0.29) is 37.4 Å². The molecule has 2 amide bonds. The first-order valence-electron chi connectivity index (χ1n) is 13.0. The minimum Gasteiger partial charge on any atom is -0.507 e. The Kier molecular flexibility index (Phi) is 7.22. The molecule has 0 aromatic heterocycles. The molecule has 3 aliphatic rings. The van der Waals surface area contributed by atoms with Crippen LogP contribution in [0.25, 0.3) is 11.1 Å². The third-order valence-corrected chi connectivity index (χ3v) is 8.25. The van der Waals surface area contributed by atoms with Crippen molar-refractivity contribution in [1.82, 2.24) is 0 Å². The Balaban J connectivity index is 1.46. The van der Waals surface area contributed by atoms with Gasteiger partial charge in [0.2, 0.25) is 5.91 Å². The van der Waals surface area contributed by atoms with Gasteiger partial charge in [-0.25, -0.2) is 4.79 Å². The number of ether oxygens (including phenoxy) is 2. The van der Waals surface area contributed by atoms with Gasteiger partial charge in [-0.3, -0.25) is 29.3 Å². The average molecular weight is 565 g/mol. The predicted molar refractivity (Wildman–Crippen MR) is 141 cm³/mol. The molecule has 12 nitrogen and oxygen atoms in total. The lowest BCUT2D eigenvalue weighted by atomic mass is 9.53. The maximum atomic E-state index is 13.7. The maximum Gasteiger partial charge on any atom is 0.411 e. The molecule has 0 aliphatic heterocycles. The Morgan fingerprint density at radius 3 is 2.39 bits per heavy atom. The standard InChI is InChI=1S/C29H28N2O10/c1-40-8-9-41-28(38)31-16-4-2-13(3-5-16)17-6-7-19(32)22-18(17)11-14-10-15-12-20(33)23(27(30)37)26(36)29(15,39)25(35)21(14)24(22)34/h2-7,14-15,21,23,32,39H,8-12H2,1H3,(H2,30,37)(H,31,38)/t14-,15+,21?,23?,29+/m1/s1. The molecule has 2 fully saturated rings. The Labute approximate surface area is 233 Å². The molecule has 0 heterocycles. The number of hydrogen-bond acceptors (Lipinski definition) is 10. The van der Waals surface area contributed by atoms with Crippen molar-refractivity contribution in [2.45, 2.75) is 24.9 Å². The van der Waals surface area contributed by atoms with Crippen molar-refractivity contribution >= 4 is 40.8 Å². The normalized spacial score (nSPS) is 27.0. The Morgan fingerprint density at radius 1 is 1.02 bits per heavy atom. The highest BCUT2D eigenvalue weighted by Crippen LogP contribution is 2.51. The highest BCUT2D eigenvalue weighted by Gasteiger charge is 2.66. The van der Waals surface area contributed by atoms with E-state index in [1.807, 2.05) is 0 Å². The third-order valence-electron chi connectivity index (χ3n) is 8.25. The van der Waals surface area contributed by atoms with Crippen LogP contribution in [0.15, 0.2) is 36.4 Å². The van der Waals surface area contributed by atoms with E-state index in [4.69, 9.17) is 15.2 Å². The summed E-state index contributed by atoms with van der Waals surface area (Å²) in [7, 11) is 1.49. The third kappa shape index (κ3) is 4.58. The largest absolute Gasteiger partial charge is 0.507 e. The molecule has 2 saturated carbocycles. The molecule has 0 spiro atoms. The molecule has 5 N–H and O–H groups in total. The number of methoxy groups -OCH3 is 1. The number of ketones is 4. The molecule has 2 aromatic rings. The van der Waals surface area contributed by atoms with Crippen molar-refractivity contribution in [3.05, 3.63) is 47.5 Å². The van der Waals surface area contributed by atoms with Gasteiger partial charge in [-0.15, -0.1) is 0 Å². The highest BCUT2D eigenvalue weighted by atomic mass is 16.6. The number of phenols is 1. The molecule has 41 heavy (non-hydrogen) atoms. The summed E-state index contributed by atoms with van der Waals surface area (Å²) in [5.74, 6) is -10.6. The monoisotopic (exact) mass is 564 g/mol. The van der Waals surface area contributed by atoms with E-state index in [1.54, 1.807) is 30.3 Å². The number of nitrogens with one attached hydrogen (secondary N) is 1. The van der Waals surface area contributed by atoms with Gasteiger partial charge in [-0.05, 0) is 53.6 Å². The van der Waals surface area contributed by atoms with Gasteiger partial charge in [0.1, 0.15) is 12.4 Å². The van der Waals surface area contributed by atoms with Gasteiger partial charge in [-0.1, -0.05) is 18.2 Å². The smallest absolute Gasteiger partial charge is 0.411 e. The number of aliphatic hydroxyl groups is 1. The van der Waals surface area contributed by atoms with Crippen LogP contribution < -0.4 is 11.1 Å². The molecule has 0 radical (unpaired) electrons. The van der Waals surface area contributed by atoms with Crippen molar-refractivity contribution < 1.29 is 48.5 Å². The first kappa shape index (κ1) is 28.1. The Morgan fingerprint density at radius 2 is 1.73 bits per heavy atom. The van der Waals surface area contributed by atoms with Gasteiger partial charge in [0.25, 0.3) is 0 Å². The summed E-state index contributed by atoms with van der Waals surface area (Å²) in [6.45, 7) is 0.343. The minimum absolute atomic E-state index is 0.00415. The molecule has 2 aromatic carbocycles. The van der Waals surface area contributed by atoms with Gasteiger partial charge in [-0.2, -0.15) is 0 Å². The molecule has 3 aliphatic carbocycles. The van der Waals surface area contributed by atoms with E-state index in [2.05, 4.69) is 5.32 Å². The second kappa shape index (κ2) is 10.5. The van der Waals surface area contributed by atoms with Crippen LogP contribution in [0.1, 0.15) is 28.8 Å². The van der Waals surface area contributed by atoms with E-state index in [0.29, 0.717) is 22.4 Å². The fourth-order valence-corrected chi connectivity index (χ4v) is 6.34. The van der Waals surface area contributed by atoms with Gasteiger partial charge < -0.3 is 25.4 Å². The van der Waals surface area contributed by atoms with Crippen LogP contribution in [0.3, 0.4) is 0 Å². The van der Waals surface area contributed by atoms with Crippen molar-refractivity contribution in [2.24, 2.45) is 29.4 Å². The zero-order valence-electron chi connectivity index (χ0n) is 22.0. The predicted octanol–water partition coefficient (Wildman–Crippen LogP) is 1.19. The average Bonchev–Trinajstić information content (AvgIpc) is 2.91. The summed E-state index contributed by atoms with van der Waals surface area (Å²) >= 11 is 0. The van der Waals surface area contributed by atoms with E-state index >= 15 is 0 Å². The summed E-state index contributed by atoms with van der Waals surface area (Å²) in [5, 5.41) is 24.6. The Hall–Kier alpha value is -4.42. The Bertz CT molecular complexity index is 1480. The number of hydrogen-bond donors (Lipinski definition) is 4. The number of primary amides is 1. The molecule has 0 saturated heterocycles. The molecule has 12 heteroatoms. The van der Waals surface area contributed by atoms with Gasteiger partial charge in [0.15, 0.2) is 34.7 Å². The zero-order chi connectivity index (χ0) is 29.6. The summed E-state index contributed by atoms with van der Waals surface area (Å²) in [5.41, 5.74) is 4.64. The SMILES string of the molecule is COCCOC(=O)Nc1ccc(-c2ccc(O)c3c2C[C@H]2C[C@H]4CC(=O)C(C(N)=O)C(=O)[C@@]4(O)C(=O)C2C3=O)cc1. The summed E-state index contributed by atoms with van der Waals surface area (Å²) in [6.07, 6.45) is -0.899. The van der Waals surface area contributed by atoms with Crippen molar-refractivity contribution in [3.8, 4) is 16.9 Å². The second-order valence-electron chi connectivity index (χ2n) is 10.6. The quantitative estimate of drug-likeness (QED) is 0.292. The number of rotatable bonds is 6. The summed E-state index contributed by atoms with van der Waals surface area (Å²) in [4.78, 5) is 76.6. The summed E-state index contributed by atoms with van der Waals surface area (Å²) < 4.78 is 9.82. The van der Waals surface area contributed by atoms with Gasteiger partial charge in [0.05, 0.1) is 18.1 Å². The minimum atomic E-state index is -2.69. The molecular weight excluding hydrogens is 536 g/mol. The van der Waals surface area contributed by atoms with Crippen molar-refractivity contribution in [2.75, 3.05) is 25.6 Å². The molecule has 5 atom stereocenters. The van der Waals surface area contributed by atoms with Crippen LogP contribution in [-0.2, 0) is 35.1 Å². The van der Waals surface area contributed by atoms with Crippen molar-refractivity contribution in [1.29, 1.82) is 0 Å². The lowest BCUT2D eigenvalue weighted by Gasteiger charge is -2.48. The number of carbonyl (C=O) groups is 6. The van der Waals surface area contributed by atoms with Gasteiger partial charge >= 0.3 is 6.09 Å². The van der Waals surface area contributed by atoms with Crippen molar-refractivity contribution in [3.63, 3.8) is 0 Å². The van der Waals surface area contributed by atoms with Crippen LogP contribution in [0.4, 0.5) is 10.5 Å². The number of Topliss-reactive ketones (excluding diaryl/α,β-unsaturated/α-hetero) is 4. The molecular formula is C29H28N2O10. The zero-order valence-corrected chi connectivity index (χ0v) is 22.0. The fraction of sp³-hybridized carbons (Fsp3) is 0.379. The molecule has 214 valence electrons. The maximum absolute atomic E-state index is 13.7. The number of amides is 2. The number of anilines is 1. The number of carbonyl (C=O) groups excluding carboxylic acids is 6. The topological polar surface area (TPSA) is 199 Å². The van der Waals surface area contributed by atoms with E-state index in [0.717, 1.165) is 0 Å². The van der Waals surface area contributed by atoms with Crippen LogP contribution in [0.2, 0.25) is 0 Å². The molecule has 5 rings (SSSR count). The lowest BCUT2D eigenvalue weighted by Crippen LogP contribution is -2.68. The summed E-state index contributed by atoms with van der Waals surface area (Å²) in [6, 6.07) is 9.65. The number of benzene rings is 2. The highest BCUT2D eigenvalue weighted by molar-refractivity contribution is 6.31. The first-order chi connectivity index (χ1) is 19.5. The molecule has 0 bridgehead atoms. The van der Waals surface area contributed by atoms with Gasteiger partial charge in [0, 0.05) is 25.1 Å². The molecule has 2 unspecified atom stereocenters. The van der Waals surface area contributed by atoms with E-state index in [1.165, 1.54) is 13.2 Å². The lowest BCUT2D eigenvalue weighted by molar-refractivity contribution is -0.175. The van der Waals surface area contributed by atoms with E-state index < -0.39 is 70.8 Å². The second-order valence-corrected chi connectivity index (χ2v) is 10.6. The van der Waals surface area contributed by atoms with E-state index in [9.17, 15) is 39.0 Å². The number of nitrogens with two attached hydrogens (primary N) is 1. The fourth-order valence-electron chi connectivity index (χ4n) is 6.34.